The summed E-state index contributed by atoms with van der Waals surface area (Å²) >= 11 is 1.89. The molecule has 0 aromatic carbocycles. The van der Waals surface area contributed by atoms with Crippen LogP contribution in [0.3, 0.4) is 0 Å². The molecular weight excluding hydrogens is 407 g/mol. The Morgan fingerprint density at radius 3 is 3.00 bits per heavy atom. The number of nitrogens with one attached hydrogen (secondary N) is 1. The highest BCUT2D eigenvalue weighted by molar-refractivity contribution is 14.0. The first-order valence-corrected chi connectivity index (χ1v) is 9.03. The molecule has 0 bridgehead atoms. The van der Waals surface area contributed by atoms with Crippen molar-refractivity contribution in [3.8, 4) is 0 Å². The van der Waals surface area contributed by atoms with E-state index in [1.54, 1.807) is 4.88 Å². The number of hydrogen-bond acceptors (Lipinski definition) is 3. The molecule has 1 aromatic rings. The van der Waals surface area contributed by atoms with Gasteiger partial charge in [-0.15, -0.1) is 35.3 Å². The van der Waals surface area contributed by atoms with Gasteiger partial charge in [0.1, 0.15) is 0 Å². The number of halogens is 1. The number of guanidine groups is 1. The van der Waals surface area contributed by atoms with E-state index < -0.39 is 0 Å². The quantitative estimate of drug-likeness (QED) is 0.435. The van der Waals surface area contributed by atoms with Crippen molar-refractivity contribution in [2.75, 3.05) is 19.6 Å². The zero-order valence-electron chi connectivity index (χ0n) is 13.1. The Balaban J connectivity index is 0.00000176. The molecular formula is C16H27IN4S. The molecule has 0 amide bonds. The zero-order valence-corrected chi connectivity index (χ0v) is 16.2. The van der Waals surface area contributed by atoms with Crippen LogP contribution in [0.1, 0.15) is 42.5 Å². The predicted molar refractivity (Wildman–Crippen MR) is 105 cm³/mol. The topological polar surface area (TPSA) is 53.6 Å². The number of aliphatic imine (C=N–C) groups is 1. The number of rotatable bonds is 4. The van der Waals surface area contributed by atoms with E-state index in [0.29, 0.717) is 12.0 Å². The van der Waals surface area contributed by atoms with Gasteiger partial charge in [0.2, 0.25) is 0 Å². The second-order valence-electron chi connectivity index (χ2n) is 6.14. The molecule has 1 aliphatic heterocycles. The summed E-state index contributed by atoms with van der Waals surface area (Å²) in [6.45, 7) is 4.02. The summed E-state index contributed by atoms with van der Waals surface area (Å²) in [4.78, 5) is 8.54. The first kappa shape index (κ1) is 18.0. The van der Waals surface area contributed by atoms with Gasteiger partial charge in [0.05, 0.1) is 6.54 Å². The van der Waals surface area contributed by atoms with Gasteiger partial charge in [0.25, 0.3) is 0 Å². The summed E-state index contributed by atoms with van der Waals surface area (Å²) in [5.74, 6) is 0.634. The van der Waals surface area contributed by atoms with Gasteiger partial charge in [-0.3, -0.25) is 9.89 Å². The molecule has 2 heterocycles. The molecule has 3 rings (SSSR count). The van der Waals surface area contributed by atoms with Gasteiger partial charge in [-0.25, -0.2) is 0 Å². The minimum absolute atomic E-state index is 0. The molecule has 0 radical (unpaired) electrons. The number of nitrogens with two attached hydrogens (primary N) is 1. The summed E-state index contributed by atoms with van der Waals surface area (Å²) in [7, 11) is 0. The molecule has 22 heavy (non-hydrogen) atoms. The van der Waals surface area contributed by atoms with E-state index in [-0.39, 0.29) is 24.0 Å². The Labute approximate surface area is 154 Å². The molecule has 2 aliphatic rings. The number of thiophene rings is 1. The fourth-order valence-corrected chi connectivity index (χ4v) is 4.20. The van der Waals surface area contributed by atoms with Crippen LogP contribution >= 0.6 is 35.3 Å². The van der Waals surface area contributed by atoms with Crippen molar-refractivity contribution in [1.82, 2.24) is 10.2 Å². The first-order chi connectivity index (χ1) is 10.3. The minimum atomic E-state index is 0. The largest absolute Gasteiger partial charge is 0.370 e. The average Bonchev–Trinajstić information content (AvgIpc) is 2.96. The van der Waals surface area contributed by atoms with Crippen LogP contribution in [-0.2, 0) is 13.0 Å². The molecule has 3 N–H and O–H groups in total. The van der Waals surface area contributed by atoms with Crippen molar-refractivity contribution in [3.05, 3.63) is 21.9 Å². The molecule has 124 valence electrons. The second kappa shape index (κ2) is 9.08. The maximum absolute atomic E-state index is 6.00. The lowest BCUT2D eigenvalue weighted by Gasteiger charge is -2.26. The van der Waals surface area contributed by atoms with Crippen LogP contribution in [-0.4, -0.2) is 36.5 Å². The van der Waals surface area contributed by atoms with Gasteiger partial charge in [0.15, 0.2) is 5.96 Å². The molecule has 0 saturated heterocycles. The number of fused-ring (bicyclic) bond motifs is 1. The van der Waals surface area contributed by atoms with Crippen molar-refractivity contribution in [2.45, 2.75) is 51.1 Å². The van der Waals surface area contributed by atoms with Gasteiger partial charge >= 0.3 is 0 Å². The highest BCUT2D eigenvalue weighted by atomic mass is 127. The van der Waals surface area contributed by atoms with Crippen molar-refractivity contribution < 1.29 is 0 Å². The molecule has 1 aromatic heterocycles. The van der Waals surface area contributed by atoms with Crippen LogP contribution in [0, 0.1) is 0 Å². The van der Waals surface area contributed by atoms with Gasteiger partial charge in [0, 0.05) is 30.6 Å². The van der Waals surface area contributed by atoms with Crippen LogP contribution in [0.15, 0.2) is 16.4 Å². The van der Waals surface area contributed by atoms with E-state index in [2.05, 4.69) is 26.7 Å². The molecule has 0 spiro atoms. The normalized spacial score (nSPS) is 20.3. The maximum atomic E-state index is 6.00. The lowest BCUT2D eigenvalue weighted by Crippen LogP contribution is -2.41. The predicted octanol–water partition coefficient (Wildman–Crippen LogP) is 2.96. The van der Waals surface area contributed by atoms with E-state index in [1.165, 1.54) is 44.1 Å². The van der Waals surface area contributed by atoms with Crippen LogP contribution < -0.4 is 11.1 Å². The van der Waals surface area contributed by atoms with Crippen molar-refractivity contribution >= 4 is 41.3 Å². The van der Waals surface area contributed by atoms with Crippen molar-refractivity contribution in [1.29, 1.82) is 0 Å². The van der Waals surface area contributed by atoms with Crippen LogP contribution in [0.4, 0.5) is 0 Å². The highest BCUT2D eigenvalue weighted by Crippen LogP contribution is 2.23. The molecule has 4 nitrogen and oxygen atoms in total. The summed E-state index contributed by atoms with van der Waals surface area (Å²) < 4.78 is 0. The number of hydrogen-bond donors (Lipinski definition) is 2. The standard InChI is InChI=1S/C16H26N4S.HI/c17-16(19-14-4-2-1-3-5-14)18-8-10-20-9-6-15-13(12-20)7-11-21-15;/h7,11,14H,1-6,8-10,12H2,(H3,17,18,19);1H. The van der Waals surface area contributed by atoms with Gasteiger partial charge in [-0.1, -0.05) is 19.3 Å². The Kier molecular flexibility index (Phi) is 7.43. The van der Waals surface area contributed by atoms with E-state index >= 15 is 0 Å². The number of nitrogens with zero attached hydrogens (tertiary/aromatic N) is 2. The Morgan fingerprint density at radius 2 is 2.18 bits per heavy atom. The summed E-state index contributed by atoms with van der Waals surface area (Å²) in [6, 6.07) is 2.81. The second-order valence-corrected chi connectivity index (χ2v) is 7.14. The van der Waals surface area contributed by atoms with E-state index in [9.17, 15) is 0 Å². The Bertz CT molecular complexity index is 482. The third kappa shape index (κ3) is 5.09. The van der Waals surface area contributed by atoms with Crippen molar-refractivity contribution in [3.63, 3.8) is 0 Å². The van der Waals surface area contributed by atoms with Gasteiger partial charge in [-0.2, -0.15) is 0 Å². The van der Waals surface area contributed by atoms with E-state index in [4.69, 9.17) is 5.73 Å². The third-order valence-corrected chi connectivity index (χ3v) is 5.57. The van der Waals surface area contributed by atoms with Crippen molar-refractivity contribution in [2.24, 2.45) is 10.7 Å². The van der Waals surface area contributed by atoms with Crippen LogP contribution in [0.25, 0.3) is 0 Å². The summed E-state index contributed by atoms with van der Waals surface area (Å²) in [5, 5.41) is 5.59. The SMILES string of the molecule is I.NC(=NCCN1CCc2sccc2C1)NC1CCCCC1. The van der Waals surface area contributed by atoms with Crippen LogP contribution in [0.2, 0.25) is 0 Å². The summed E-state index contributed by atoms with van der Waals surface area (Å²) in [5.41, 5.74) is 7.51. The third-order valence-electron chi connectivity index (χ3n) is 4.54. The first-order valence-electron chi connectivity index (χ1n) is 8.15. The van der Waals surface area contributed by atoms with E-state index in [1.807, 2.05) is 11.3 Å². The monoisotopic (exact) mass is 434 g/mol. The fourth-order valence-electron chi connectivity index (χ4n) is 3.31. The Morgan fingerprint density at radius 1 is 1.36 bits per heavy atom. The fraction of sp³-hybridized carbons (Fsp3) is 0.688. The minimum Gasteiger partial charge on any atom is -0.370 e. The Hall–Kier alpha value is -0.340. The zero-order chi connectivity index (χ0) is 14.5. The smallest absolute Gasteiger partial charge is 0.188 e. The van der Waals surface area contributed by atoms with Gasteiger partial charge < -0.3 is 11.1 Å². The molecule has 1 aliphatic carbocycles. The lowest BCUT2D eigenvalue weighted by atomic mass is 9.96. The maximum Gasteiger partial charge on any atom is 0.188 e. The lowest BCUT2D eigenvalue weighted by molar-refractivity contribution is 0.263. The average molecular weight is 434 g/mol. The van der Waals surface area contributed by atoms with Gasteiger partial charge in [-0.05, 0) is 36.3 Å². The van der Waals surface area contributed by atoms with E-state index in [0.717, 1.165) is 26.2 Å². The molecule has 1 saturated carbocycles. The molecule has 0 atom stereocenters. The molecule has 1 fully saturated rings. The highest BCUT2D eigenvalue weighted by Gasteiger charge is 2.16. The van der Waals surface area contributed by atoms with Crippen LogP contribution in [0.5, 0.6) is 0 Å². The summed E-state index contributed by atoms with van der Waals surface area (Å²) in [6.07, 6.45) is 7.68. The molecule has 0 unspecified atom stereocenters. The molecule has 6 heteroatoms.